The normalized spacial score (nSPS) is 13.8. The van der Waals surface area contributed by atoms with Gasteiger partial charge >= 0.3 is 0 Å². The molecule has 1 aliphatic rings. The lowest BCUT2D eigenvalue weighted by atomic mass is 10.1. The third-order valence-corrected chi connectivity index (χ3v) is 4.82. The Morgan fingerprint density at radius 1 is 1.46 bits per heavy atom. The predicted molar refractivity (Wildman–Crippen MR) is 110 cm³/mol. The Hall–Kier alpha value is -2.77. The fourth-order valence-corrected chi connectivity index (χ4v) is 3.47. The molecule has 7 heteroatoms. The van der Waals surface area contributed by atoms with E-state index in [1.54, 1.807) is 31.8 Å². The van der Waals surface area contributed by atoms with Crippen molar-refractivity contribution in [1.82, 2.24) is 4.98 Å². The van der Waals surface area contributed by atoms with Gasteiger partial charge in [-0.2, -0.15) is 0 Å². The monoisotopic (exact) mass is 369 g/mol. The molecule has 0 atom stereocenters. The van der Waals surface area contributed by atoms with E-state index in [-0.39, 0.29) is 1.43 Å². The first-order valence-corrected chi connectivity index (χ1v) is 8.90. The number of nitrogens with zero attached hydrogens (tertiary/aromatic N) is 3. The number of ether oxygens (including phenoxy) is 1. The molecule has 2 heterocycles. The Labute approximate surface area is 159 Å². The Balaban J connectivity index is 0.00000261. The van der Waals surface area contributed by atoms with Gasteiger partial charge in [-0.25, -0.2) is 4.99 Å². The molecule has 6 nitrogen and oxygen atoms in total. The summed E-state index contributed by atoms with van der Waals surface area (Å²) >= 11 is 1.54. The number of methoxy groups -OCH3 is 1. The summed E-state index contributed by atoms with van der Waals surface area (Å²) in [6, 6.07) is 10.2. The summed E-state index contributed by atoms with van der Waals surface area (Å²) < 4.78 is 5.34. The Kier molecular flexibility index (Phi) is 5.93. The molecule has 3 N–H and O–H groups in total. The van der Waals surface area contributed by atoms with Gasteiger partial charge in [0.2, 0.25) is 0 Å². The van der Waals surface area contributed by atoms with Crippen LogP contribution in [0.15, 0.2) is 76.1 Å². The number of anilines is 2. The van der Waals surface area contributed by atoms with Crippen LogP contribution >= 0.6 is 11.8 Å². The van der Waals surface area contributed by atoms with Gasteiger partial charge in [0, 0.05) is 38.6 Å². The van der Waals surface area contributed by atoms with E-state index in [9.17, 15) is 0 Å². The number of hydrogen-bond donors (Lipinski definition) is 2. The molecule has 1 aromatic heterocycles. The summed E-state index contributed by atoms with van der Waals surface area (Å²) in [5.74, 6) is 0.569. The second-order valence-corrected chi connectivity index (χ2v) is 6.58. The Morgan fingerprint density at radius 2 is 2.35 bits per heavy atom. The van der Waals surface area contributed by atoms with Crippen LogP contribution in [0.5, 0.6) is 0 Å². The number of aromatic nitrogens is 1. The standard InChI is InChI=1S/C19H21N5OS.H2/c1-3-8-22-19-18(20)24(13-25-2)16-10-14(6-7-17(16)26-19)11-23-15-5-4-9-21-12-15;/h3-10,12,23H,1,11,13,20H2,2H3;1H/b22-8-;. The molecule has 0 spiro atoms. The van der Waals surface area contributed by atoms with Gasteiger partial charge in [-0.3, -0.25) is 4.98 Å². The van der Waals surface area contributed by atoms with Gasteiger partial charge in [0.15, 0.2) is 0 Å². The van der Waals surface area contributed by atoms with Crippen molar-refractivity contribution in [3.8, 4) is 0 Å². The predicted octanol–water partition coefficient (Wildman–Crippen LogP) is 3.80. The zero-order valence-corrected chi connectivity index (χ0v) is 15.4. The number of aliphatic imine (C=N–C) groups is 1. The van der Waals surface area contributed by atoms with Crippen LogP contribution in [0, 0.1) is 0 Å². The van der Waals surface area contributed by atoms with Crippen LogP contribution in [0.3, 0.4) is 0 Å². The van der Waals surface area contributed by atoms with Crippen molar-refractivity contribution in [2.24, 2.45) is 10.7 Å². The van der Waals surface area contributed by atoms with Crippen molar-refractivity contribution >= 4 is 29.4 Å². The number of hydrogen-bond acceptors (Lipinski definition) is 7. The molecule has 3 rings (SSSR count). The van der Waals surface area contributed by atoms with Crippen LogP contribution in [-0.2, 0) is 11.3 Å². The van der Waals surface area contributed by atoms with Crippen LogP contribution in [0.1, 0.15) is 6.99 Å². The lowest BCUT2D eigenvalue weighted by molar-refractivity contribution is 0.202. The molecule has 0 fully saturated rings. The molecule has 26 heavy (non-hydrogen) atoms. The van der Waals surface area contributed by atoms with Crippen LogP contribution in [-0.4, -0.2) is 25.0 Å². The molecule has 1 aliphatic heterocycles. The number of rotatable bonds is 7. The molecular weight excluding hydrogens is 346 g/mol. The fraction of sp³-hybridized carbons (Fsp3) is 0.158. The molecule has 0 saturated carbocycles. The van der Waals surface area contributed by atoms with E-state index in [2.05, 4.69) is 40.1 Å². The van der Waals surface area contributed by atoms with Gasteiger partial charge in [-0.15, -0.1) is 0 Å². The van der Waals surface area contributed by atoms with Crippen molar-refractivity contribution in [1.29, 1.82) is 0 Å². The number of fused-ring (bicyclic) bond motifs is 1. The molecule has 0 amide bonds. The van der Waals surface area contributed by atoms with E-state index < -0.39 is 0 Å². The Bertz CT molecular complexity index is 841. The minimum Gasteiger partial charge on any atom is -0.383 e. The SMILES string of the molecule is C=C/C=N\C1=C(N)N(COC)c2cc(CNc3cccnc3)ccc2S1.[HH]. The van der Waals surface area contributed by atoms with Crippen molar-refractivity contribution in [3.05, 3.63) is 71.8 Å². The van der Waals surface area contributed by atoms with Crippen molar-refractivity contribution < 1.29 is 6.16 Å². The summed E-state index contributed by atoms with van der Waals surface area (Å²) in [7, 11) is 1.65. The number of nitrogens with two attached hydrogens (primary N) is 1. The molecule has 0 unspecified atom stereocenters. The first-order valence-electron chi connectivity index (χ1n) is 8.09. The molecular formula is C19H23N5OS. The smallest absolute Gasteiger partial charge is 0.141 e. The third-order valence-electron chi connectivity index (χ3n) is 3.74. The van der Waals surface area contributed by atoms with E-state index >= 15 is 0 Å². The highest BCUT2D eigenvalue weighted by molar-refractivity contribution is 8.03. The number of thioether (sulfide) groups is 1. The highest BCUT2D eigenvalue weighted by Crippen LogP contribution is 2.42. The zero-order chi connectivity index (χ0) is 18.4. The quantitative estimate of drug-likeness (QED) is 0.723. The second kappa shape index (κ2) is 8.55. The van der Waals surface area contributed by atoms with Crippen molar-refractivity contribution in [2.75, 3.05) is 24.1 Å². The van der Waals surface area contributed by atoms with Crippen LogP contribution in [0.4, 0.5) is 11.4 Å². The van der Waals surface area contributed by atoms with Crippen molar-refractivity contribution in [2.45, 2.75) is 11.4 Å². The summed E-state index contributed by atoms with van der Waals surface area (Å²) in [4.78, 5) is 11.5. The number of pyridine rings is 1. The lowest BCUT2D eigenvalue weighted by Gasteiger charge is -2.31. The molecule has 0 bridgehead atoms. The molecule has 0 saturated heterocycles. The summed E-state index contributed by atoms with van der Waals surface area (Å²) in [5.41, 5.74) is 9.44. The maximum atomic E-state index is 6.31. The minimum absolute atomic E-state index is 0. The summed E-state index contributed by atoms with van der Waals surface area (Å²) in [6.07, 6.45) is 6.82. The van der Waals surface area contributed by atoms with E-state index in [4.69, 9.17) is 10.5 Å². The van der Waals surface area contributed by atoms with E-state index in [0.29, 0.717) is 19.1 Å². The molecule has 0 radical (unpaired) electrons. The first-order chi connectivity index (χ1) is 12.7. The second-order valence-electron chi connectivity index (χ2n) is 5.55. The van der Waals surface area contributed by atoms with Gasteiger partial charge < -0.3 is 20.7 Å². The zero-order valence-electron chi connectivity index (χ0n) is 14.6. The maximum Gasteiger partial charge on any atom is 0.141 e. The van der Waals surface area contributed by atoms with Crippen LogP contribution < -0.4 is 16.0 Å². The van der Waals surface area contributed by atoms with Gasteiger partial charge in [0.1, 0.15) is 17.6 Å². The average molecular weight is 369 g/mol. The van der Waals surface area contributed by atoms with Crippen LogP contribution in [0.2, 0.25) is 0 Å². The fourth-order valence-electron chi connectivity index (χ4n) is 2.52. The lowest BCUT2D eigenvalue weighted by Crippen LogP contribution is -2.32. The summed E-state index contributed by atoms with van der Waals surface area (Å²) in [5, 5.41) is 4.10. The van der Waals surface area contributed by atoms with Gasteiger partial charge in [0.25, 0.3) is 0 Å². The minimum atomic E-state index is 0. The third kappa shape index (κ3) is 4.07. The van der Waals surface area contributed by atoms with E-state index in [1.165, 1.54) is 11.8 Å². The number of benzene rings is 1. The van der Waals surface area contributed by atoms with Crippen molar-refractivity contribution in [3.63, 3.8) is 0 Å². The maximum absolute atomic E-state index is 6.31. The first kappa shape index (κ1) is 18.0. The van der Waals surface area contributed by atoms with Gasteiger partial charge in [-0.1, -0.05) is 30.5 Å². The molecule has 0 aliphatic carbocycles. The topological polar surface area (TPSA) is 75.8 Å². The average Bonchev–Trinajstić information content (AvgIpc) is 2.68. The Morgan fingerprint density at radius 3 is 3.08 bits per heavy atom. The number of nitrogens with one attached hydrogen (secondary N) is 1. The molecule has 136 valence electrons. The van der Waals surface area contributed by atoms with Gasteiger partial charge in [-0.05, 0) is 29.8 Å². The number of allylic oxidation sites excluding steroid dienone is 1. The van der Waals surface area contributed by atoms with E-state index in [1.807, 2.05) is 17.0 Å². The summed E-state index contributed by atoms with van der Waals surface area (Å²) in [6.45, 7) is 4.70. The largest absolute Gasteiger partial charge is 0.383 e. The van der Waals surface area contributed by atoms with E-state index in [0.717, 1.165) is 26.9 Å². The van der Waals surface area contributed by atoms with Crippen LogP contribution in [0.25, 0.3) is 0 Å². The molecule has 2 aromatic rings. The molecule has 1 aromatic carbocycles. The van der Waals surface area contributed by atoms with Gasteiger partial charge in [0.05, 0.1) is 11.4 Å². The highest BCUT2D eigenvalue weighted by Gasteiger charge is 2.24. The highest BCUT2D eigenvalue weighted by atomic mass is 32.2.